The molecule has 0 spiro atoms. The molecular formula is C16H14N2O5S. The fraction of sp³-hybridized carbons (Fsp3) is 0.125. The molecule has 2 aromatic rings. The summed E-state index contributed by atoms with van der Waals surface area (Å²) >= 11 is 0. The van der Waals surface area contributed by atoms with Crippen molar-refractivity contribution < 1.29 is 18.7 Å². The second kappa shape index (κ2) is 8.11. The monoisotopic (exact) mass is 346 g/mol. The van der Waals surface area contributed by atoms with Crippen molar-refractivity contribution in [1.82, 2.24) is 0 Å². The maximum absolute atomic E-state index is 12.4. The summed E-state index contributed by atoms with van der Waals surface area (Å²) in [6.07, 6.45) is 1.30. The Morgan fingerprint density at radius 2 is 1.83 bits per heavy atom. The SMILES string of the molecule is COC(=O)C(c1ccccc1)[S@](=O)/N=C/c1ccc([N+](=O)[O-])cc1. The average Bonchev–Trinajstić information content (AvgIpc) is 2.61. The van der Waals surface area contributed by atoms with Crippen molar-refractivity contribution >= 4 is 28.9 Å². The summed E-state index contributed by atoms with van der Waals surface area (Å²) in [7, 11) is -0.675. The van der Waals surface area contributed by atoms with Gasteiger partial charge in [0.05, 0.1) is 12.0 Å². The van der Waals surface area contributed by atoms with Crippen molar-refractivity contribution in [1.29, 1.82) is 0 Å². The summed E-state index contributed by atoms with van der Waals surface area (Å²) in [5, 5.41) is 9.57. The van der Waals surface area contributed by atoms with Crippen LogP contribution in [-0.4, -0.2) is 28.4 Å². The molecule has 0 heterocycles. The minimum atomic E-state index is -1.89. The lowest BCUT2D eigenvalue weighted by Crippen LogP contribution is -2.18. The maximum atomic E-state index is 12.4. The molecule has 124 valence electrons. The van der Waals surface area contributed by atoms with E-state index in [1.165, 1.54) is 37.6 Å². The molecule has 0 aromatic heterocycles. The molecule has 0 fully saturated rings. The van der Waals surface area contributed by atoms with E-state index in [2.05, 4.69) is 4.40 Å². The summed E-state index contributed by atoms with van der Waals surface area (Å²) < 4.78 is 21.0. The third kappa shape index (κ3) is 4.32. The smallest absolute Gasteiger partial charge is 0.328 e. The molecule has 7 nitrogen and oxygen atoms in total. The van der Waals surface area contributed by atoms with Crippen molar-refractivity contribution in [2.45, 2.75) is 5.25 Å². The molecule has 0 saturated carbocycles. The van der Waals surface area contributed by atoms with E-state index in [1.807, 2.05) is 0 Å². The Balaban J connectivity index is 2.21. The molecule has 2 aromatic carbocycles. The first kappa shape index (κ1) is 17.5. The normalized spacial score (nSPS) is 13.4. The number of rotatable bonds is 6. The topological polar surface area (TPSA) is 98.9 Å². The first-order valence-electron chi connectivity index (χ1n) is 6.85. The highest BCUT2D eigenvalue weighted by atomic mass is 32.2. The fourth-order valence-corrected chi connectivity index (χ4v) is 2.92. The number of ether oxygens (including phenoxy) is 1. The van der Waals surface area contributed by atoms with Crippen LogP contribution in [0, 0.1) is 10.1 Å². The van der Waals surface area contributed by atoms with Gasteiger partial charge < -0.3 is 4.74 Å². The highest BCUT2D eigenvalue weighted by molar-refractivity contribution is 7.84. The van der Waals surface area contributed by atoms with Gasteiger partial charge in [0.2, 0.25) is 0 Å². The molecule has 0 radical (unpaired) electrons. The van der Waals surface area contributed by atoms with Gasteiger partial charge in [-0.15, -0.1) is 0 Å². The summed E-state index contributed by atoms with van der Waals surface area (Å²) in [6, 6.07) is 14.2. The van der Waals surface area contributed by atoms with E-state index in [-0.39, 0.29) is 5.69 Å². The van der Waals surface area contributed by atoms with Crippen LogP contribution in [0.2, 0.25) is 0 Å². The third-order valence-electron chi connectivity index (χ3n) is 3.13. The molecule has 0 saturated heterocycles. The predicted molar refractivity (Wildman–Crippen MR) is 90.0 cm³/mol. The van der Waals surface area contributed by atoms with E-state index >= 15 is 0 Å². The quantitative estimate of drug-likeness (QED) is 0.346. The zero-order chi connectivity index (χ0) is 17.5. The van der Waals surface area contributed by atoms with E-state index in [0.717, 1.165) is 0 Å². The highest BCUT2D eigenvalue weighted by Gasteiger charge is 2.27. The number of carbonyl (C=O) groups is 1. The molecule has 1 unspecified atom stereocenters. The maximum Gasteiger partial charge on any atom is 0.328 e. The number of nitrogens with zero attached hydrogens (tertiary/aromatic N) is 2. The van der Waals surface area contributed by atoms with Gasteiger partial charge in [-0.3, -0.25) is 14.9 Å². The molecule has 0 amide bonds. The molecule has 0 aliphatic heterocycles. The molecule has 0 N–H and O–H groups in total. The number of non-ortho nitro benzene ring substituents is 1. The lowest BCUT2D eigenvalue weighted by molar-refractivity contribution is -0.384. The van der Waals surface area contributed by atoms with Crippen LogP contribution in [0.25, 0.3) is 0 Å². The van der Waals surface area contributed by atoms with Gasteiger partial charge in [-0.25, -0.2) is 4.21 Å². The minimum Gasteiger partial charge on any atom is -0.468 e. The Kier molecular flexibility index (Phi) is 5.91. The third-order valence-corrected chi connectivity index (χ3v) is 4.31. The number of methoxy groups -OCH3 is 1. The number of hydrogen-bond donors (Lipinski definition) is 0. The second-order valence-electron chi connectivity index (χ2n) is 4.67. The molecule has 0 aliphatic carbocycles. The highest BCUT2D eigenvalue weighted by Crippen LogP contribution is 2.22. The summed E-state index contributed by atoms with van der Waals surface area (Å²) in [5.41, 5.74) is 1.01. The van der Waals surface area contributed by atoms with Crippen LogP contribution in [-0.2, 0) is 20.5 Å². The largest absolute Gasteiger partial charge is 0.468 e. The zero-order valence-electron chi connectivity index (χ0n) is 12.7. The van der Waals surface area contributed by atoms with Crippen LogP contribution in [0.1, 0.15) is 16.4 Å². The van der Waals surface area contributed by atoms with Crippen molar-refractivity contribution in [3.8, 4) is 0 Å². The van der Waals surface area contributed by atoms with Crippen molar-refractivity contribution in [2.75, 3.05) is 7.11 Å². The van der Waals surface area contributed by atoms with E-state index in [4.69, 9.17) is 4.74 Å². The van der Waals surface area contributed by atoms with Gasteiger partial charge in [0.25, 0.3) is 5.69 Å². The Morgan fingerprint density at radius 1 is 1.21 bits per heavy atom. The van der Waals surface area contributed by atoms with Crippen LogP contribution in [0.15, 0.2) is 59.0 Å². The number of nitro benzene ring substituents is 1. The van der Waals surface area contributed by atoms with Crippen LogP contribution in [0.4, 0.5) is 5.69 Å². The van der Waals surface area contributed by atoms with Gasteiger partial charge in [-0.05, 0) is 23.3 Å². The summed E-state index contributed by atoms with van der Waals surface area (Å²) in [6.45, 7) is 0. The molecule has 8 heteroatoms. The van der Waals surface area contributed by atoms with Crippen molar-refractivity contribution in [2.24, 2.45) is 4.40 Å². The molecule has 2 atom stereocenters. The van der Waals surface area contributed by atoms with E-state index in [9.17, 15) is 19.1 Å². The van der Waals surface area contributed by atoms with E-state index < -0.39 is 27.1 Å². The Hall–Kier alpha value is -2.87. The molecular weight excluding hydrogens is 332 g/mol. The number of nitro groups is 1. The number of esters is 1. The van der Waals surface area contributed by atoms with Crippen LogP contribution < -0.4 is 0 Å². The number of benzene rings is 2. The number of hydrogen-bond acceptors (Lipinski definition) is 5. The standard InChI is InChI=1S/C16H14N2O5S/c1-23-16(19)15(13-5-3-2-4-6-13)24(22)17-11-12-7-9-14(10-8-12)18(20)21/h2-11,15H,1H3/b17-11+/t15?,24-/m0/s1. The van der Waals surface area contributed by atoms with Gasteiger partial charge in [0, 0.05) is 18.3 Å². The van der Waals surface area contributed by atoms with Gasteiger partial charge in [-0.2, -0.15) is 4.40 Å². The Morgan fingerprint density at radius 3 is 2.38 bits per heavy atom. The van der Waals surface area contributed by atoms with Crippen molar-refractivity contribution in [3.63, 3.8) is 0 Å². The van der Waals surface area contributed by atoms with E-state index in [0.29, 0.717) is 11.1 Å². The van der Waals surface area contributed by atoms with Crippen LogP contribution in [0.5, 0.6) is 0 Å². The lowest BCUT2D eigenvalue weighted by atomic mass is 10.1. The van der Waals surface area contributed by atoms with Gasteiger partial charge >= 0.3 is 5.97 Å². The van der Waals surface area contributed by atoms with Crippen LogP contribution in [0.3, 0.4) is 0 Å². The van der Waals surface area contributed by atoms with Gasteiger partial charge in [0.15, 0.2) is 16.2 Å². The van der Waals surface area contributed by atoms with Crippen molar-refractivity contribution in [3.05, 3.63) is 75.8 Å². The lowest BCUT2D eigenvalue weighted by Gasteiger charge is -2.11. The number of carbonyl (C=O) groups excluding carboxylic acids is 1. The Bertz CT molecular complexity index is 775. The van der Waals surface area contributed by atoms with Gasteiger partial charge in [-0.1, -0.05) is 30.3 Å². The molecule has 2 rings (SSSR count). The second-order valence-corrected chi connectivity index (χ2v) is 5.91. The fourth-order valence-electron chi connectivity index (χ4n) is 1.93. The molecule has 24 heavy (non-hydrogen) atoms. The molecule has 0 bridgehead atoms. The van der Waals surface area contributed by atoms with Gasteiger partial charge in [0.1, 0.15) is 0 Å². The Labute approximate surface area is 140 Å². The van der Waals surface area contributed by atoms with Crippen LogP contribution >= 0.6 is 0 Å². The summed E-state index contributed by atoms with van der Waals surface area (Å²) in [5.74, 6) is -0.652. The first-order valence-corrected chi connectivity index (χ1v) is 8.02. The minimum absolute atomic E-state index is 0.0509. The predicted octanol–water partition coefficient (Wildman–Crippen LogP) is 2.59. The van der Waals surface area contributed by atoms with E-state index in [1.54, 1.807) is 30.3 Å². The average molecular weight is 346 g/mol. The zero-order valence-corrected chi connectivity index (χ0v) is 13.5. The first-order chi connectivity index (χ1) is 11.5. The molecule has 0 aliphatic rings. The summed E-state index contributed by atoms with van der Waals surface area (Å²) in [4.78, 5) is 22.0.